The Kier molecular flexibility index (Phi) is 10.2. The molecular weight excluding hydrogens is 577 g/mol. The Morgan fingerprint density at radius 1 is 1.10 bits per heavy atom. The molecule has 4 bridgehead atoms. The summed E-state index contributed by atoms with van der Waals surface area (Å²) in [6.07, 6.45) is -2.68. The quantitative estimate of drug-likeness (QED) is 0.211. The highest BCUT2D eigenvalue weighted by atomic mass is 32.2. The van der Waals surface area contributed by atoms with Gasteiger partial charge in [-0.2, -0.15) is 18.2 Å². The van der Waals surface area contributed by atoms with E-state index in [9.17, 15) is 26.4 Å². The Balaban J connectivity index is 1.44. The number of benzene rings is 2. The number of hydrogen-bond donors (Lipinski definition) is 6. The fourth-order valence-corrected chi connectivity index (χ4v) is 5.14. The zero-order valence-electron chi connectivity index (χ0n) is 22.6. The van der Waals surface area contributed by atoms with Gasteiger partial charge >= 0.3 is 12.2 Å². The van der Waals surface area contributed by atoms with Crippen molar-refractivity contribution in [3.63, 3.8) is 0 Å². The summed E-state index contributed by atoms with van der Waals surface area (Å²) in [5.41, 5.74) is 0.132. The van der Waals surface area contributed by atoms with Gasteiger partial charge in [0, 0.05) is 63.0 Å². The molecule has 0 radical (unpaired) electrons. The summed E-state index contributed by atoms with van der Waals surface area (Å²) in [5, 5.41) is 14.0. The molecule has 1 aliphatic rings. The van der Waals surface area contributed by atoms with Crippen molar-refractivity contribution >= 4 is 39.2 Å². The van der Waals surface area contributed by atoms with Crippen LogP contribution in [-0.4, -0.2) is 57.8 Å². The van der Waals surface area contributed by atoms with Gasteiger partial charge in [-0.15, -0.1) is 0 Å². The molecule has 0 unspecified atom stereocenters. The zero-order chi connectivity index (χ0) is 30.2. The number of halogens is 3. The van der Waals surface area contributed by atoms with Crippen LogP contribution in [0.5, 0.6) is 0 Å². The van der Waals surface area contributed by atoms with Gasteiger partial charge in [0.25, 0.3) is 0 Å². The number of urea groups is 1. The van der Waals surface area contributed by atoms with Crippen molar-refractivity contribution in [2.45, 2.75) is 30.6 Å². The van der Waals surface area contributed by atoms with Crippen molar-refractivity contribution in [1.82, 2.24) is 25.3 Å². The lowest BCUT2D eigenvalue weighted by Gasteiger charge is -2.16. The summed E-state index contributed by atoms with van der Waals surface area (Å²) in [4.78, 5) is 21.4. The first-order valence-electron chi connectivity index (χ1n) is 13.0. The summed E-state index contributed by atoms with van der Waals surface area (Å²) in [6, 6.07) is 9.09. The summed E-state index contributed by atoms with van der Waals surface area (Å²) in [5.74, 6) is 0.597. The van der Waals surface area contributed by atoms with Crippen LogP contribution in [0.3, 0.4) is 0 Å². The number of methoxy groups -OCH3 is 1. The molecule has 12 nitrogen and oxygen atoms in total. The van der Waals surface area contributed by atoms with Crippen molar-refractivity contribution in [2.24, 2.45) is 0 Å². The fourth-order valence-electron chi connectivity index (χ4n) is 4.02. The van der Waals surface area contributed by atoms with Gasteiger partial charge in [0.1, 0.15) is 5.82 Å². The van der Waals surface area contributed by atoms with E-state index >= 15 is 0 Å². The number of amides is 2. The molecule has 0 saturated heterocycles. The van der Waals surface area contributed by atoms with Crippen molar-refractivity contribution in [3.05, 3.63) is 65.4 Å². The molecule has 0 aliphatic carbocycles. The van der Waals surface area contributed by atoms with Crippen LogP contribution in [0.25, 0.3) is 0 Å². The topological polar surface area (TPSA) is 158 Å². The molecule has 0 saturated carbocycles. The number of anilines is 4. The highest BCUT2D eigenvalue weighted by Gasteiger charge is 2.33. The third-order valence-corrected chi connectivity index (χ3v) is 7.57. The van der Waals surface area contributed by atoms with Crippen LogP contribution in [0.15, 0.2) is 53.6 Å². The van der Waals surface area contributed by atoms with Gasteiger partial charge in [-0.25, -0.2) is 22.9 Å². The molecule has 16 heteroatoms. The second-order valence-electron chi connectivity index (χ2n) is 9.25. The number of rotatable bonds is 8. The van der Waals surface area contributed by atoms with E-state index in [0.29, 0.717) is 43.2 Å². The number of sulfonamides is 1. The van der Waals surface area contributed by atoms with Gasteiger partial charge in [-0.1, -0.05) is 12.1 Å². The second kappa shape index (κ2) is 13.8. The Hall–Kier alpha value is -3.99. The van der Waals surface area contributed by atoms with Crippen molar-refractivity contribution in [1.29, 1.82) is 0 Å². The summed E-state index contributed by atoms with van der Waals surface area (Å²) in [7, 11) is -2.19. The Bertz CT molecular complexity index is 1510. The zero-order valence-corrected chi connectivity index (χ0v) is 23.5. The van der Waals surface area contributed by atoms with Crippen LogP contribution in [-0.2, 0) is 34.0 Å². The molecule has 1 aromatic heterocycles. The molecule has 6 N–H and O–H groups in total. The SMILES string of the molecule is COCCNCc1ccc(NC(=O)NCc2cnc3nc2NCCCNS(=O)(=O)c2cccc(c2)N3)cc1C(F)(F)F. The lowest BCUT2D eigenvalue weighted by Crippen LogP contribution is -2.29. The van der Waals surface area contributed by atoms with Crippen molar-refractivity contribution < 1.29 is 31.1 Å². The molecule has 4 rings (SSSR count). The van der Waals surface area contributed by atoms with Gasteiger partial charge in [-0.3, -0.25) is 0 Å². The van der Waals surface area contributed by atoms with E-state index in [1.54, 1.807) is 12.1 Å². The molecule has 0 atom stereocenters. The predicted molar refractivity (Wildman–Crippen MR) is 151 cm³/mol. The molecule has 42 heavy (non-hydrogen) atoms. The fraction of sp³-hybridized carbons (Fsp3) is 0.346. The van der Waals surface area contributed by atoms with Gasteiger partial charge < -0.3 is 31.3 Å². The molecule has 226 valence electrons. The number of nitrogens with one attached hydrogen (secondary N) is 6. The first-order chi connectivity index (χ1) is 20.0. The second-order valence-corrected chi connectivity index (χ2v) is 11.0. The van der Waals surface area contributed by atoms with E-state index in [4.69, 9.17) is 4.74 Å². The van der Waals surface area contributed by atoms with Crippen LogP contribution >= 0.6 is 0 Å². The minimum atomic E-state index is -4.61. The highest BCUT2D eigenvalue weighted by Crippen LogP contribution is 2.34. The third kappa shape index (κ3) is 8.51. The molecule has 2 aromatic carbocycles. The van der Waals surface area contributed by atoms with E-state index in [-0.39, 0.29) is 41.7 Å². The Morgan fingerprint density at radius 3 is 2.71 bits per heavy atom. The van der Waals surface area contributed by atoms with Crippen molar-refractivity contribution in [3.8, 4) is 0 Å². The number of alkyl halides is 3. The minimum absolute atomic E-state index is 0.0113. The maximum Gasteiger partial charge on any atom is 0.416 e. The minimum Gasteiger partial charge on any atom is -0.383 e. The van der Waals surface area contributed by atoms with E-state index in [1.165, 1.54) is 37.6 Å². The van der Waals surface area contributed by atoms with E-state index in [1.807, 2.05) is 0 Å². The number of carbonyl (C=O) groups is 1. The smallest absolute Gasteiger partial charge is 0.383 e. The summed E-state index contributed by atoms with van der Waals surface area (Å²) in [6.45, 7) is 1.25. The van der Waals surface area contributed by atoms with Crippen LogP contribution < -0.4 is 31.3 Å². The van der Waals surface area contributed by atoms with Crippen LogP contribution in [0, 0.1) is 0 Å². The first-order valence-corrected chi connectivity index (χ1v) is 14.4. The van der Waals surface area contributed by atoms with Crippen LogP contribution in [0.1, 0.15) is 23.1 Å². The maximum atomic E-state index is 13.7. The lowest BCUT2D eigenvalue weighted by atomic mass is 10.1. The van der Waals surface area contributed by atoms with E-state index < -0.39 is 27.8 Å². The van der Waals surface area contributed by atoms with E-state index in [2.05, 4.69) is 41.3 Å². The van der Waals surface area contributed by atoms with Gasteiger partial charge in [-0.05, 0) is 42.3 Å². The summed E-state index contributed by atoms with van der Waals surface area (Å²) >= 11 is 0. The number of fused-ring (bicyclic) bond motifs is 4. The van der Waals surface area contributed by atoms with Crippen LogP contribution in [0.2, 0.25) is 0 Å². The Morgan fingerprint density at radius 2 is 1.93 bits per heavy atom. The molecule has 1 aliphatic heterocycles. The predicted octanol–water partition coefficient (Wildman–Crippen LogP) is 3.39. The number of ether oxygens (including phenoxy) is 1. The molecule has 2 heterocycles. The molecule has 0 spiro atoms. The number of hydrogen-bond acceptors (Lipinski definition) is 9. The van der Waals surface area contributed by atoms with Gasteiger partial charge in [0.05, 0.1) is 17.1 Å². The summed E-state index contributed by atoms with van der Waals surface area (Å²) < 4.78 is 73.5. The van der Waals surface area contributed by atoms with Gasteiger partial charge in [0.2, 0.25) is 16.0 Å². The van der Waals surface area contributed by atoms with E-state index in [0.717, 1.165) is 6.07 Å². The Labute approximate surface area is 240 Å². The molecule has 3 aromatic rings. The standard InChI is InChI=1S/C26H31F3N8O4S/c1-41-11-10-30-14-17-6-7-20(13-22(17)26(27,28)29)36-25(38)33-16-18-15-32-24-35-19-4-2-5-21(12-19)42(39,40)34-9-3-8-31-23(18)37-24/h2,4-7,12-13,15,30,34H,3,8-11,14,16H2,1H3,(H2,33,36,38)(H2,31,32,35,37). The number of nitrogens with zero attached hydrogens (tertiary/aromatic N) is 2. The molecular formula is C26H31F3N8O4S. The molecule has 2 amide bonds. The first kappa shape index (κ1) is 31.0. The maximum absolute atomic E-state index is 13.7. The largest absolute Gasteiger partial charge is 0.416 e. The molecule has 0 fully saturated rings. The third-order valence-electron chi connectivity index (χ3n) is 6.11. The average molecular weight is 609 g/mol. The normalized spacial score (nSPS) is 14.8. The van der Waals surface area contributed by atoms with Crippen molar-refractivity contribution in [2.75, 3.05) is 49.3 Å². The average Bonchev–Trinajstić information content (AvgIpc) is 2.95. The number of carbonyl (C=O) groups excluding carboxylic acids is 1. The number of aromatic nitrogens is 2. The highest BCUT2D eigenvalue weighted by molar-refractivity contribution is 7.89. The monoisotopic (exact) mass is 608 g/mol. The lowest BCUT2D eigenvalue weighted by molar-refractivity contribution is -0.138. The van der Waals surface area contributed by atoms with Gasteiger partial charge in [0.15, 0.2) is 0 Å². The van der Waals surface area contributed by atoms with Crippen LogP contribution in [0.4, 0.5) is 41.1 Å².